The Kier molecular flexibility index (Phi) is 6.79. The number of benzene rings is 7. The Balaban J connectivity index is 1.12. The number of fused-ring (bicyclic) bond motifs is 9. The van der Waals surface area contributed by atoms with E-state index in [1.54, 1.807) is 6.20 Å². The quantitative estimate of drug-likeness (QED) is 0.175. The molecule has 0 aliphatic heterocycles. The van der Waals surface area contributed by atoms with Gasteiger partial charge < -0.3 is 13.4 Å². The second-order valence-electron chi connectivity index (χ2n) is 14.2. The number of nitrogens with zero attached hydrogens (tertiary/aromatic N) is 5. The van der Waals surface area contributed by atoms with Crippen molar-refractivity contribution in [3.63, 3.8) is 0 Å². The van der Waals surface area contributed by atoms with Crippen LogP contribution in [0.2, 0.25) is 0 Å². The predicted molar refractivity (Wildman–Crippen MR) is 228 cm³/mol. The molecule has 0 amide bonds. The minimum absolute atomic E-state index is 0.539. The molecule has 5 heterocycles. The van der Waals surface area contributed by atoms with Crippen molar-refractivity contribution in [3.8, 4) is 51.0 Å². The van der Waals surface area contributed by atoms with E-state index in [1.807, 2.05) is 60.8 Å². The molecule has 0 fully saturated rings. The third kappa shape index (κ3) is 4.86. The summed E-state index contributed by atoms with van der Waals surface area (Å²) in [5, 5.41) is 6.34. The smallest absolute Gasteiger partial charge is 0.166 e. The van der Waals surface area contributed by atoms with Gasteiger partial charge in [-0.3, -0.25) is 4.98 Å². The van der Waals surface area contributed by atoms with Crippen LogP contribution >= 0.6 is 0 Å². The Labute approximate surface area is 325 Å². The molecule has 266 valence electrons. The lowest BCUT2D eigenvalue weighted by atomic mass is 9.98. The van der Waals surface area contributed by atoms with Crippen LogP contribution in [0.4, 0.5) is 0 Å². The molecule has 0 aliphatic carbocycles. The van der Waals surface area contributed by atoms with Gasteiger partial charge in [0.15, 0.2) is 17.5 Å². The van der Waals surface area contributed by atoms with Gasteiger partial charge in [0.05, 0.1) is 16.7 Å². The van der Waals surface area contributed by atoms with E-state index in [0.29, 0.717) is 17.5 Å². The lowest BCUT2D eigenvalue weighted by Gasteiger charge is -2.15. The van der Waals surface area contributed by atoms with Crippen LogP contribution < -0.4 is 0 Å². The maximum Gasteiger partial charge on any atom is 0.166 e. The van der Waals surface area contributed by atoms with Crippen LogP contribution in [-0.4, -0.2) is 24.5 Å². The van der Waals surface area contributed by atoms with Crippen LogP contribution in [0, 0.1) is 0 Å². The second-order valence-corrected chi connectivity index (χ2v) is 14.2. The van der Waals surface area contributed by atoms with Crippen LogP contribution in [0.25, 0.3) is 117 Å². The molecule has 0 N–H and O–H groups in total. The van der Waals surface area contributed by atoms with E-state index in [2.05, 4.69) is 119 Å². The van der Waals surface area contributed by atoms with Crippen molar-refractivity contribution < 1.29 is 8.83 Å². The average Bonchev–Trinajstić information content (AvgIpc) is 3.96. The van der Waals surface area contributed by atoms with Crippen LogP contribution in [0.1, 0.15) is 0 Å². The molecule has 0 saturated heterocycles. The summed E-state index contributed by atoms with van der Waals surface area (Å²) in [5.41, 5.74) is 11.1. The summed E-state index contributed by atoms with van der Waals surface area (Å²) in [6.07, 6.45) is 3.59. The zero-order valence-electron chi connectivity index (χ0n) is 30.3. The summed E-state index contributed by atoms with van der Waals surface area (Å²) in [6.45, 7) is 0. The highest BCUT2D eigenvalue weighted by Crippen LogP contribution is 2.40. The van der Waals surface area contributed by atoms with Gasteiger partial charge in [-0.2, -0.15) is 0 Å². The molecule has 7 aromatic carbocycles. The third-order valence-electron chi connectivity index (χ3n) is 11.0. The van der Waals surface area contributed by atoms with Crippen molar-refractivity contribution in [1.82, 2.24) is 24.5 Å². The summed E-state index contributed by atoms with van der Waals surface area (Å²) in [5.74, 6) is 1.65. The van der Waals surface area contributed by atoms with E-state index in [0.717, 1.165) is 88.4 Å². The molecule has 0 aliphatic rings. The number of para-hydroxylation sites is 4. The molecule has 7 heteroatoms. The topological polar surface area (TPSA) is 82.8 Å². The van der Waals surface area contributed by atoms with Gasteiger partial charge in [0.2, 0.25) is 0 Å². The molecule has 0 saturated carbocycles. The van der Waals surface area contributed by atoms with Crippen LogP contribution in [0.3, 0.4) is 0 Å². The third-order valence-corrected chi connectivity index (χ3v) is 11.0. The fourth-order valence-corrected chi connectivity index (χ4v) is 8.48. The standard InChI is InChI=1S/C50H29N5O2/c1-5-20-39-33(14-1)34-15-2-6-21-40(34)55(39)41-22-7-3-16-35(41)49-52-48(53-50(54-49)37-19-11-25-45-47(37)38-29-51-27-26-43(38)57-45)31-13-9-12-30(28-31)32-18-10-24-44-46(32)36-17-4-8-23-42(36)56-44/h1-29H. The lowest BCUT2D eigenvalue weighted by molar-refractivity contribution is 0.668. The van der Waals surface area contributed by atoms with E-state index in [-0.39, 0.29) is 0 Å². The number of furan rings is 2. The van der Waals surface area contributed by atoms with E-state index in [9.17, 15) is 0 Å². The molecule has 0 radical (unpaired) electrons. The first kappa shape index (κ1) is 31.5. The maximum absolute atomic E-state index is 6.30. The van der Waals surface area contributed by atoms with Crippen molar-refractivity contribution in [2.24, 2.45) is 0 Å². The minimum Gasteiger partial charge on any atom is -0.456 e. The molecule has 0 bridgehead atoms. The van der Waals surface area contributed by atoms with Crippen molar-refractivity contribution in [2.45, 2.75) is 0 Å². The van der Waals surface area contributed by atoms with E-state index >= 15 is 0 Å². The van der Waals surface area contributed by atoms with Gasteiger partial charge in [0.25, 0.3) is 0 Å². The number of pyridine rings is 1. The number of hydrogen-bond donors (Lipinski definition) is 0. The fourth-order valence-electron chi connectivity index (χ4n) is 8.48. The highest BCUT2D eigenvalue weighted by Gasteiger charge is 2.22. The first-order valence-electron chi connectivity index (χ1n) is 18.9. The Morgan fingerprint density at radius 3 is 1.72 bits per heavy atom. The summed E-state index contributed by atoms with van der Waals surface area (Å²) >= 11 is 0. The molecule has 0 spiro atoms. The van der Waals surface area contributed by atoms with Gasteiger partial charge >= 0.3 is 0 Å². The van der Waals surface area contributed by atoms with Gasteiger partial charge in [-0.15, -0.1) is 0 Å². The molecule has 57 heavy (non-hydrogen) atoms. The van der Waals surface area contributed by atoms with Crippen LogP contribution in [0.5, 0.6) is 0 Å². The summed E-state index contributed by atoms with van der Waals surface area (Å²) < 4.78 is 14.9. The highest BCUT2D eigenvalue weighted by atomic mass is 16.3. The Hall–Kier alpha value is -7.90. The van der Waals surface area contributed by atoms with Crippen molar-refractivity contribution in [1.29, 1.82) is 0 Å². The van der Waals surface area contributed by atoms with Crippen molar-refractivity contribution >= 4 is 65.7 Å². The van der Waals surface area contributed by atoms with Gasteiger partial charge in [0.1, 0.15) is 22.3 Å². The van der Waals surface area contributed by atoms with Gasteiger partial charge in [-0.05, 0) is 65.7 Å². The monoisotopic (exact) mass is 731 g/mol. The zero-order valence-corrected chi connectivity index (χ0v) is 30.3. The first-order chi connectivity index (χ1) is 28.3. The number of rotatable bonds is 5. The molecular formula is C50H29N5O2. The summed E-state index contributed by atoms with van der Waals surface area (Å²) in [6, 6.07) is 56.1. The largest absolute Gasteiger partial charge is 0.456 e. The first-order valence-corrected chi connectivity index (χ1v) is 18.9. The summed E-state index contributed by atoms with van der Waals surface area (Å²) in [4.78, 5) is 20.3. The van der Waals surface area contributed by atoms with Gasteiger partial charge in [0, 0.05) is 61.4 Å². The van der Waals surface area contributed by atoms with Crippen LogP contribution in [0.15, 0.2) is 185 Å². The number of hydrogen-bond acceptors (Lipinski definition) is 6. The van der Waals surface area contributed by atoms with Crippen molar-refractivity contribution in [2.75, 3.05) is 0 Å². The molecule has 5 aromatic heterocycles. The molecule has 7 nitrogen and oxygen atoms in total. The zero-order chi connectivity index (χ0) is 37.5. The molecule has 12 rings (SSSR count). The van der Waals surface area contributed by atoms with E-state index in [4.69, 9.17) is 23.8 Å². The Morgan fingerprint density at radius 1 is 0.386 bits per heavy atom. The lowest BCUT2D eigenvalue weighted by Crippen LogP contribution is -2.03. The molecular weight excluding hydrogens is 703 g/mol. The maximum atomic E-state index is 6.30. The van der Waals surface area contributed by atoms with Gasteiger partial charge in [-0.1, -0.05) is 109 Å². The SMILES string of the molecule is c1cc(-c2nc(-c3ccccc3-n3c4ccccc4c4ccccc43)nc(-c3cccc4oc5ccncc5c34)n2)cc(-c2cccc3oc4ccccc4c23)c1. The molecule has 0 atom stereocenters. The minimum atomic E-state index is 0.539. The Bertz CT molecular complexity index is 3500. The summed E-state index contributed by atoms with van der Waals surface area (Å²) in [7, 11) is 0. The fraction of sp³-hybridized carbons (Fsp3) is 0. The predicted octanol–water partition coefficient (Wildman–Crippen LogP) is 12.8. The second kappa shape index (κ2) is 12.3. The normalized spacial score (nSPS) is 11.9. The molecule has 0 unspecified atom stereocenters. The van der Waals surface area contributed by atoms with Crippen molar-refractivity contribution in [3.05, 3.63) is 176 Å². The van der Waals surface area contributed by atoms with E-state index in [1.165, 1.54) is 10.8 Å². The van der Waals surface area contributed by atoms with Crippen LogP contribution in [-0.2, 0) is 0 Å². The number of aromatic nitrogens is 5. The van der Waals surface area contributed by atoms with Gasteiger partial charge in [-0.25, -0.2) is 15.0 Å². The Morgan fingerprint density at radius 2 is 0.930 bits per heavy atom. The average molecular weight is 732 g/mol. The molecule has 12 aromatic rings. The van der Waals surface area contributed by atoms with E-state index < -0.39 is 0 Å². The highest BCUT2D eigenvalue weighted by molar-refractivity contribution is 6.13.